The third kappa shape index (κ3) is 4.70. The minimum atomic E-state index is -1.54. The highest BCUT2D eigenvalue weighted by Crippen LogP contribution is 2.34. The topological polar surface area (TPSA) is 104 Å². The van der Waals surface area contributed by atoms with Crippen molar-refractivity contribution in [2.45, 2.75) is 12.5 Å². The van der Waals surface area contributed by atoms with Gasteiger partial charge in [0.2, 0.25) is 0 Å². The Labute approximate surface area is 158 Å². The Balaban J connectivity index is 2.21. The first-order valence-electron chi connectivity index (χ1n) is 7.39. The van der Waals surface area contributed by atoms with Crippen molar-refractivity contribution in [3.63, 3.8) is 0 Å². The number of ether oxygens (including phenoxy) is 1. The van der Waals surface area contributed by atoms with Crippen LogP contribution in [0.5, 0.6) is 5.75 Å². The molecule has 1 unspecified atom stereocenters. The van der Waals surface area contributed by atoms with Gasteiger partial charge >= 0.3 is 11.9 Å². The Hall–Kier alpha value is -2.65. The first kappa shape index (κ1) is 19.7. The van der Waals surface area contributed by atoms with Gasteiger partial charge in [-0.25, -0.2) is 4.79 Å². The highest BCUT2D eigenvalue weighted by Gasteiger charge is 2.41. The number of carbonyl (C=O) groups is 3. The summed E-state index contributed by atoms with van der Waals surface area (Å²) in [4.78, 5) is 35.8. The minimum absolute atomic E-state index is 0.0147. The fraction of sp³-hybridized carbons (Fsp3) is 0.176. The van der Waals surface area contributed by atoms with E-state index in [1.165, 1.54) is 0 Å². The van der Waals surface area contributed by atoms with E-state index in [0.29, 0.717) is 17.9 Å². The van der Waals surface area contributed by atoms with Crippen LogP contribution in [0.4, 0.5) is 0 Å². The molecule has 0 radical (unpaired) electrons. The van der Waals surface area contributed by atoms with E-state index in [0.717, 1.165) is 16.7 Å². The maximum Gasteiger partial charge on any atom is 0.327 e. The molecule has 9 heteroatoms. The van der Waals surface area contributed by atoms with Crippen molar-refractivity contribution in [2.75, 3.05) is 6.61 Å². The fourth-order valence-electron chi connectivity index (χ4n) is 2.17. The quantitative estimate of drug-likeness (QED) is 0.394. The molecule has 26 heavy (non-hydrogen) atoms. The summed E-state index contributed by atoms with van der Waals surface area (Å²) in [5, 5.41) is 18.1. The lowest BCUT2D eigenvalue weighted by molar-refractivity contribution is -0.150. The van der Waals surface area contributed by atoms with Gasteiger partial charge in [-0.15, -0.1) is 0 Å². The van der Waals surface area contributed by atoms with E-state index in [2.05, 4.69) is 6.58 Å². The summed E-state index contributed by atoms with van der Waals surface area (Å²) < 4.78 is 5.38. The van der Waals surface area contributed by atoms with Crippen molar-refractivity contribution in [1.29, 1.82) is 0 Å². The zero-order valence-electron chi connectivity index (χ0n) is 13.5. The predicted octanol–water partition coefficient (Wildman–Crippen LogP) is 2.38. The molecule has 0 aromatic heterocycles. The first-order chi connectivity index (χ1) is 12.3. The zero-order chi connectivity index (χ0) is 19.3. The van der Waals surface area contributed by atoms with Gasteiger partial charge in [0, 0.05) is 0 Å². The lowest BCUT2D eigenvalue weighted by atomic mass is 10.1. The molecule has 1 aliphatic heterocycles. The van der Waals surface area contributed by atoms with Gasteiger partial charge in [-0.1, -0.05) is 48.8 Å². The van der Waals surface area contributed by atoms with Crippen molar-refractivity contribution in [3.05, 3.63) is 47.4 Å². The Kier molecular flexibility index (Phi) is 6.53. The molecule has 1 heterocycles. The second-order valence-corrected chi connectivity index (χ2v) is 6.85. The molecule has 0 aliphatic carbocycles. The molecular formula is C17H15NO6S2. The van der Waals surface area contributed by atoms with Crippen molar-refractivity contribution in [2.24, 2.45) is 0 Å². The van der Waals surface area contributed by atoms with Crippen LogP contribution in [0.2, 0.25) is 0 Å². The van der Waals surface area contributed by atoms with Crippen LogP contribution in [0.1, 0.15) is 12.0 Å². The molecule has 1 fully saturated rings. The van der Waals surface area contributed by atoms with E-state index in [1.807, 2.05) is 0 Å². The van der Waals surface area contributed by atoms with E-state index in [1.54, 1.807) is 36.4 Å². The second kappa shape index (κ2) is 8.63. The summed E-state index contributed by atoms with van der Waals surface area (Å²) in [7, 11) is 0. The maximum atomic E-state index is 12.5. The third-order valence-corrected chi connectivity index (χ3v) is 4.66. The van der Waals surface area contributed by atoms with E-state index in [9.17, 15) is 19.5 Å². The van der Waals surface area contributed by atoms with Crippen molar-refractivity contribution in [3.8, 4) is 5.75 Å². The normalized spacial score (nSPS) is 16.6. The molecule has 0 bridgehead atoms. The molecule has 1 saturated heterocycles. The molecular weight excluding hydrogens is 378 g/mol. The molecule has 136 valence electrons. The number of aliphatic carboxylic acids is 2. The van der Waals surface area contributed by atoms with Gasteiger partial charge in [0.15, 0.2) is 0 Å². The van der Waals surface area contributed by atoms with Crippen molar-refractivity contribution < 1.29 is 29.3 Å². The highest BCUT2D eigenvalue weighted by atomic mass is 32.2. The number of amides is 1. The van der Waals surface area contributed by atoms with Gasteiger partial charge in [-0.05, 0) is 23.8 Å². The number of hydrogen-bond acceptors (Lipinski definition) is 6. The van der Waals surface area contributed by atoms with E-state index < -0.39 is 30.3 Å². The first-order valence-corrected chi connectivity index (χ1v) is 8.61. The molecule has 7 nitrogen and oxygen atoms in total. The zero-order valence-corrected chi connectivity index (χ0v) is 15.1. The number of carbonyl (C=O) groups excluding carboxylic acids is 1. The van der Waals surface area contributed by atoms with Gasteiger partial charge in [0.05, 0.1) is 11.3 Å². The molecule has 1 aliphatic rings. The molecule has 0 spiro atoms. The molecule has 0 saturated carbocycles. The number of carboxylic acid groups (broad SMARTS) is 2. The van der Waals surface area contributed by atoms with Gasteiger partial charge in [0.25, 0.3) is 5.91 Å². The van der Waals surface area contributed by atoms with Crippen LogP contribution in [-0.4, -0.2) is 49.9 Å². The van der Waals surface area contributed by atoms with Crippen LogP contribution in [0.3, 0.4) is 0 Å². The van der Waals surface area contributed by atoms with Crippen LogP contribution >= 0.6 is 24.0 Å². The number of carboxylic acids is 2. The summed E-state index contributed by atoms with van der Waals surface area (Å²) in [5.74, 6) is -2.73. The Bertz CT molecular complexity index is 787. The average molecular weight is 393 g/mol. The SMILES string of the molecule is C=CCOc1ccc(/C=C2\SC(=S)N(C(CC(=O)O)C(=O)O)C2=O)cc1. The van der Waals surface area contributed by atoms with E-state index >= 15 is 0 Å². The largest absolute Gasteiger partial charge is 0.490 e. The number of thioether (sulfide) groups is 1. The van der Waals surface area contributed by atoms with Crippen molar-refractivity contribution >= 4 is 52.2 Å². The molecule has 1 aromatic carbocycles. The van der Waals surface area contributed by atoms with Gasteiger partial charge < -0.3 is 14.9 Å². The number of nitrogens with zero attached hydrogens (tertiary/aromatic N) is 1. The molecule has 1 aromatic rings. The molecule has 2 N–H and O–H groups in total. The van der Waals surface area contributed by atoms with Gasteiger partial charge in [-0.3, -0.25) is 14.5 Å². The summed E-state index contributed by atoms with van der Waals surface area (Å²) in [6.45, 7) is 3.93. The lowest BCUT2D eigenvalue weighted by Gasteiger charge is -2.21. The summed E-state index contributed by atoms with van der Waals surface area (Å²) in [5.41, 5.74) is 0.696. The van der Waals surface area contributed by atoms with E-state index in [4.69, 9.17) is 22.1 Å². The van der Waals surface area contributed by atoms with Gasteiger partial charge in [0.1, 0.15) is 22.7 Å². The maximum absolute atomic E-state index is 12.5. The monoisotopic (exact) mass is 393 g/mol. The molecule has 1 atom stereocenters. The summed E-state index contributed by atoms with van der Waals surface area (Å²) >= 11 is 6.01. The summed E-state index contributed by atoms with van der Waals surface area (Å²) in [6, 6.07) is 5.37. The van der Waals surface area contributed by atoms with Gasteiger partial charge in [-0.2, -0.15) is 0 Å². The van der Waals surface area contributed by atoms with E-state index in [-0.39, 0.29) is 9.23 Å². The van der Waals surface area contributed by atoms with Crippen LogP contribution in [0.25, 0.3) is 6.08 Å². The standard InChI is InChI=1S/C17H15NO6S2/c1-2-7-24-11-5-3-10(4-6-11)8-13-15(21)18(17(25)26-13)12(16(22)23)9-14(19)20/h2-6,8,12H,1,7,9H2,(H,19,20)(H,22,23)/b13-8-. The smallest absolute Gasteiger partial charge is 0.327 e. The Morgan fingerprint density at radius 3 is 2.50 bits per heavy atom. The number of rotatable bonds is 8. The number of thiocarbonyl (C=S) groups is 1. The van der Waals surface area contributed by atoms with Crippen LogP contribution in [0, 0.1) is 0 Å². The Morgan fingerprint density at radius 2 is 1.96 bits per heavy atom. The minimum Gasteiger partial charge on any atom is -0.490 e. The second-order valence-electron chi connectivity index (χ2n) is 5.17. The van der Waals surface area contributed by atoms with Crippen LogP contribution in [0.15, 0.2) is 41.8 Å². The Morgan fingerprint density at radius 1 is 1.31 bits per heavy atom. The molecule has 2 rings (SSSR count). The predicted molar refractivity (Wildman–Crippen MR) is 101 cm³/mol. The van der Waals surface area contributed by atoms with Crippen LogP contribution in [-0.2, 0) is 14.4 Å². The number of hydrogen-bond donors (Lipinski definition) is 2. The van der Waals surface area contributed by atoms with Crippen molar-refractivity contribution in [1.82, 2.24) is 4.90 Å². The lowest BCUT2D eigenvalue weighted by Crippen LogP contribution is -2.45. The third-order valence-electron chi connectivity index (χ3n) is 3.33. The summed E-state index contributed by atoms with van der Waals surface area (Å²) in [6.07, 6.45) is 2.45. The fourth-order valence-corrected chi connectivity index (χ4v) is 3.53. The molecule has 1 amide bonds. The van der Waals surface area contributed by atoms with Crippen LogP contribution < -0.4 is 4.74 Å². The number of benzene rings is 1. The average Bonchev–Trinajstić information content (AvgIpc) is 2.85. The highest BCUT2D eigenvalue weighted by molar-refractivity contribution is 8.26.